The molecule has 0 bridgehead atoms. The first-order valence-corrected chi connectivity index (χ1v) is 5.11. The quantitative estimate of drug-likeness (QED) is 0.813. The van der Waals surface area contributed by atoms with Crippen LogP contribution in [0.1, 0.15) is 17.2 Å². The maximum atomic E-state index is 12.5. The van der Waals surface area contributed by atoms with Crippen LogP contribution >= 0.6 is 23.2 Å². The molecule has 16 heavy (non-hydrogen) atoms. The minimum atomic E-state index is -4.90. The maximum absolute atomic E-state index is 12.5. The average molecular weight is 273 g/mol. The molecule has 6 heteroatoms. The van der Waals surface area contributed by atoms with Crippen molar-refractivity contribution in [2.45, 2.75) is 23.5 Å². The lowest BCUT2D eigenvalue weighted by molar-refractivity contribution is -0.162. The van der Waals surface area contributed by atoms with Crippen LogP contribution in [0.4, 0.5) is 13.2 Å². The fourth-order valence-corrected chi connectivity index (χ4v) is 1.48. The minimum Gasteiger partial charge on any atom is -0.385 e. The number of hydrogen-bond acceptors (Lipinski definition) is 1. The molecule has 0 fully saturated rings. The van der Waals surface area contributed by atoms with Crippen LogP contribution in [0.2, 0.25) is 0 Å². The molecular formula is C10H9Cl2F3O. The van der Waals surface area contributed by atoms with Gasteiger partial charge in [0, 0.05) is 0 Å². The number of aryl methyl sites for hydroxylation is 1. The Morgan fingerprint density at radius 2 is 1.69 bits per heavy atom. The van der Waals surface area contributed by atoms with E-state index in [1.165, 1.54) is 12.1 Å². The van der Waals surface area contributed by atoms with Gasteiger partial charge in [0.15, 0.2) is 0 Å². The number of alkyl halides is 5. The topological polar surface area (TPSA) is 20.2 Å². The van der Waals surface area contributed by atoms with Gasteiger partial charge in [-0.1, -0.05) is 47.5 Å². The highest BCUT2D eigenvalue weighted by molar-refractivity contribution is 6.49. The molecule has 1 atom stereocenters. The van der Waals surface area contributed by atoms with Crippen molar-refractivity contribution in [3.05, 3.63) is 35.4 Å². The van der Waals surface area contributed by atoms with Crippen LogP contribution in [-0.4, -0.2) is 15.6 Å². The Morgan fingerprint density at radius 1 is 1.19 bits per heavy atom. The van der Waals surface area contributed by atoms with Gasteiger partial charge in [-0.15, -0.1) is 0 Å². The van der Waals surface area contributed by atoms with Crippen LogP contribution in [0.15, 0.2) is 24.3 Å². The van der Waals surface area contributed by atoms with Crippen LogP contribution in [0, 0.1) is 6.92 Å². The molecule has 1 nitrogen and oxygen atoms in total. The Labute approximate surface area is 101 Å². The summed E-state index contributed by atoms with van der Waals surface area (Å²) in [5.41, 5.74) is 0.551. The Hall–Kier alpha value is -0.450. The molecule has 0 unspecified atom stereocenters. The summed E-state index contributed by atoms with van der Waals surface area (Å²) in [6, 6.07) is 6.07. The lowest BCUT2D eigenvalue weighted by Gasteiger charge is -2.29. The molecule has 0 aromatic heterocycles. The summed E-state index contributed by atoms with van der Waals surface area (Å²) >= 11 is 10.3. The second-order valence-corrected chi connectivity index (χ2v) is 4.77. The first kappa shape index (κ1) is 13.6. The fourth-order valence-electron chi connectivity index (χ4n) is 1.24. The van der Waals surface area contributed by atoms with Gasteiger partial charge in [-0.25, -0.2) is 0 Å². The van der Waals surface area contributed by atoms with Gasteiger partial charge < -0.3 is 5.11 Å². The molecule has 90 valence electrons. The number of halogens is 5. The van der Waals surface area contributed by atoms with Gasteiger partial charge in [0.1, 0.15) is 6.10 Å². The largest absolute Gasteiger partial charge is 0.424 e. The molecule has 0 aliphatic rings. The number of hydrogen-bond donors (Lipinski definition) is 1. The van der Waals surface area contributed by atoms with Gasteiger partial charge in [0.25, 0.3) is 0 Å². The van der Waals surface area contributed by atoms with Gasteiger partial charge >= 0.3 is 6.18 Å². The van der Waals surface area contributed by atoms with E-state index < -0.39 is 16.6 Å². The van der Waals surface area contributed by atoms with Crippen LogP contribution in [-0.2, 0) is 0 Å². The molecule has 1 aromatic rings. The summed E-state index contributed by atoms with van der Waals surface area (Å²) < 4.78 is 34.2. The highest BCUT2D eigenvalue weighted by Crippen LogP contribution is 2.48. The van der Waals surface area contributed by atoms with Crippen molar-refractivity contribution >= 4 is 23.2 Å². The molecule has 0 heterocycles. The number of aliphatic hydroxyl groups is 1. The lowest BCUT2D eigenvalue weighted by atomic mass is 10.0. The summed E-state index contributed by atoms with van der Waals surface area (Å²) in [5.74, 6) is 0. The highest BCUT2D eigenvalue weighted by atomic mass is 35.5. The molecular weight excluding hydrogens is 264 g/mol. The monoisotopic (exact) mass is 272 g/mol. The predicted octanol–water partition coefficient (Wildman–Crippen LogP) is 3.76. The summed E-state index contributed by atoms with van der Waals surface area (Å²) in [4.78, 5) is 0. The van der Waals surface area contributed by atoms with Crippen molar-refractivity contribution in [2.24, 2.45) is 0 Å². The van der Waals surface area contributed by atoms with Crippen LogP contribution in [0.5, 0.6) is 0 Å². The number of benzene rings is 1. The third-order valence-electron chi connectivity index (χ3n) is 2.20. The Morgan fingerprint density at radius 3 is 2.12 bits per heavy atom. The van der Waals surface area contributed by atoms with E-state index in [1.807, 2.05) is 0 Å². The fraction of sp³-hybridized carbons (Fsp3) is 0.400. The van der Waals surface area contributed by atoms with E-state index in [0.29, 0.717) is 5.56 Å². The molecule has 0 amide bonds. The zero-order chi connectivity index (χ0) is 12.6. The molecule has 1 N–H and O–H groups in total. The second-order valence-electron chi connectivity index (χ2n) is 3.38. The van der Waals surface area contributed by atoms with E-state index in [9.17, 15) is 18.3 Å². The SMILES string of the molecule is Cc1ccccc1[C@@H](O)C(Cl)(Cl)C(F)(F)F. The van der Waals surface area contributed by atoms with Gasteiger partial charge in [0.05, 0.1) is 0 Å². The van der Waals surface area contributed by atoms with E-state index >= 15 is 0 Å². The third-order valence-corrected chi connectivity index (χ3v) is 3.05. The molecule has 0 radical (unpaired) electrons. The second kappa shape index (κ2) is 4.43. The molecule has 1 rings (SSSR count). The van der Waals surface area contributed by atoms with E-state index in [1.54, 1.807) is 19.1 Å². The van der Waals surface area contributed by atoms with Crippen molar-refractivity contribution < 1.29 is 18.3 Å². The molecule has 0 saturated carbocycles. The zero-order valence-electron chi connectivity index (χ0n) is 8.22. The minimum absolute atomic E-state index is 0.0600. The first-order chi connectivity index (χ1) is 7.18. The van der Waals surface area contributed by atoms with Crippen molar-refractivity contribution in [3.63, 3.8) is 0 Å². The van der Waals surface area contributed by atoms with E-state index in [2.05, 4.69) is 0 Å². The molecule has 0 aliphatic carbocycles. The summed E-state index contributed by atoms with van der Waals surface area (Å²) in [5, 5.41) is 9.58. The Kier molecular flexibility index (Phi) is 3.77. The lowest BCUT2D eigenvalue weighted by Crippen LogP contribution is -2.40. The first-order valence-electron chi connectivity index (χ1n) is 4.36. The summed E-state index contributed by atoms with van der Waals surface area (Å²) in [6.45, 7) is 1.57. The molecule has 1 aromatic carbocycles. The van der Waals surface area contributed by atoms with Gasteiger partial charge in [-0.2, -0.15) is 13.2 Å². The molecule has 0 spiro atoms. The van der Waals surface area contributed by atoms with Gasteiger partial charge in [-0.05, 0) is 18.1 Å². The standard InChI is InChI=1S/C10H9Cl2F3O/c1-6-4-2-3-5-7(6)8(16)9(11,12)10(13,14)15/h2-5,8,16H,1H3/t8-/m1/s1. The van der Waals surface area contributed by atoms with Gasteiger partial charge in [-0.3, -0.25) is 0 Å². The van der Waals surface area contributed by atoms with E-state index in [4.69, 9.17) is 23.2 Å². The predicted molar refractivity (Wildman–Crippen MR) is 56.6 cm³/mol. The smallest absolute Gasteiger partial charge is 0.385 e. The van der Waals surface area contributed by atoms with Crippen molar-refractivity contribution in [2.75, 3.05) is 0 Å². The van der Waals surface area contributed by atoms with Crippen molar-refractivity contribution in [1.29, 1.82) is 0 Å². The maximum Gasteiger partial charge on any atom is 0.424 e. The number of rotatable bonds is 2. The van der Waals surface area contributed by atoms with Crippen molar-refractivity contribution in [1.82, 2.24) is 0 Å². The zero-order valence-corrected chi connectivity index (χ0v) is 9.74. The number of aliphatic hydroxyl groups excluding tert-OH is 1. The third kappa shape index (κ3) is 2.44. The Balaban J connectivity index is 3.12. The van der Waals surface area contributed by atoms with E-state index in [0.717, 1.165) is 0 Å². The van der Waals surface area contributed by atoms with Crippen LogP contribution in [0.3, 0.4) is 0 Å². The summed E-state index contributed by atoms with van der Waals surface area (Å²) in [7, 11) is 0. The molecule has 0 saturated heterocycles. The van der Waals surface area contributed by atoms with E-state index in [-0.39, 0.29) is 5.56 Å². The van der Waals surface area contributed by atoms with Crippen LogP contribution < -0.4 is 0 Å². The molecule has 0 aliphatic heterocycles. The normalized spacial score (nSPS) is 14.9. The van der Waals surface area contributed by atoms with Gasteiger partial charge in [0.2, 0.25) is 4.33 Å². The summed E-state index contributed by atoms with van der Waals surface area (Å²) in [6.07, 6.45) is -6.92. The highest BCUT2D eigenvalue weighted by Gasteiger charge is 2.58. The average Bonchev–Trinajstić information content (AvgIpc) is 2.15. The Bertz CT molecular complexity index is 377. The van der Waals surface area contributed by atoms with Crippen molar-refractivity contribution in [3.8, 4) is 0 Å². The van der Waals surface area contributed by atoms with Crippen LogP contribution in [0.25, 0.3) is 0 Å².